The van der Waals surface area contributed by atoms with Crippen molar-refractivity contribution < 1.29 is 9.22 Å². The molecule has 0 spiro atoms. The summed E-state index contributed by atoms with van der Waals surface area (Å²) in [6, 6.07) is 0. The third kappa shape index (κ3) is 3.15. The molecule has 2 nitrogen and oxygen atoms in total. The number of ketones is 1. The number of Topliss-reactive ketones (excluding diaryl/α,β-unsaturated/α-hetero) is 1. The predicted molar refractivity (Wildman–Crippen MR) is 65.5 cm³/mol. The predicted octanol–water partition coefficient (Wildman–Crippen LogP) is 3.38. The van der Waals surface area contributed by atoms with Crippen molar-refractivity contribution in [1.82, 2.24) is 0 Å². The van der Waals surface area contributed by atoms with Crippen LogP contribution < -0.4 is 0 Å². The molecule has 3 heteroatoms. The van der Waals surface area contributed by atoms with Gasteiger partial charge >= 0.3 is 0 Å². The van der Waals surface area contributed by atoms with Crippen LogP contribution in [0.2, 0.25) is 18.1 Å². The van der Waals surface area contributed by atoms with Crippen molar-refractivity contribution in [3.63, 3.8) is 0 Å². The molecule has 1 atom stereocenters. The highest BCUT2D eigenvalue weighted by atomic mass is 28.4. The lowest BCUT2D eigenvalue weighted by molar-refractivity contribution is -0.121. The fourth-order valence-electron chi connectivity index (χ4n) is 1.59. The molecular weight excluding hydrogens is 204 g/mol. The molecule has 0 amide bonds. The first kappa shape index (κ1) is 12.9. The van der Waals surface area contributed by atoms with Gasteiger partial charge in [0.15, 0.2) is 8.32 Å². The summed E-state index contributed by atoms with van der Waals surface area (Å²) >= 11 is 0. The zero-order chi connectivity index (χ0) is 11.7. The highest BCUT2D eigenvalue weighted by molar-refractivity contribution is 6.74. The summed E-state index contributed by atoms with van der Waals surface area (Å²) in [6.45, 7) is 11.8. The Balaban J connectivity index is 2.46. The van der Waals surface area contributed by atoms with Crippen LogP contribution in [0, 0.1) is 5.92 Å². The normalized spacial score (nSPS) is 23.5. The quantitative estimate of drug-likeness (QED) is 0.692. The van der Waals surface area contributed by atoms with E-state index in [-0.39, 0.29) is 11.0 Å². The standard InChI is InChI=1S/C12H24O2Si/c1-12(2,3)15(4,5)14-9-10-7-6-8-11(10)13/h10H,6-9H2,1-5H3/t10-/m0/s1. The van der Waals surface area contributed by atoms with E-state index < -0.39 is 8.32 Å². The molecule has 1 saturated carbocycles. The van der Waals surface area contributed by atoms with Crippen LogP contribution >= 0.6 is 0 Å². The van der Waals surface area contributed by atoms with Crippen LogP contribution in [-0.2, 0) is 9.22 Å². The Labute approximate surface area is 94.5 Å². The van der Waals surface area contributed by atoms with Crippen LogP contribution in [-0.4, -0.2) is 20.7 Å². The molecule has 0 N–H and O–H groups in total. The molecule has 0 saturated heterocycles. The summed E-state index contributed by atoms with van der Waals surface area (Å²) < 4.78 is 6.07. The van der Waals surface area contributed by atoms with Crippen molar-refractivity contribution in [2.24, 2.45) is 5.92 Å². The molecule has 1 aliphatic rings. The van der Waals surface area contributed by atoms with Crippen molar-refractivity contribution in [2.75, 3.05) is 6.61 Å². The molecule has 0 aliphatic heterocycles. The first-order valence-electron chi connectivity index (χ1n) is 5.91. The Kier molecular flexibility index (Phi) is 3.77. The second-order valence-corrected chi connectivity index (χ2v) is 10.9. The Morgan fingerprint density at radius 3 is 2.40 bits per heavy atom. The van der Waals surface area contributed by atoms with Crippen molar-refractivity contribution in [3.8, 4) is 0 Å². The van der Waals surface area contributed by atoms with E-state index in [0.29, 0.717) is 12.4 Å². The maximum absolute atomic E-state index is 11.5. The zero-order valence-corrected chi connectivity index (χ0v) is 11.7. The number of hydrogen-bond acceptors (Lipinski definition) is 2. The van der Waals surface area contributed by atoms with Gasteiger partial charge in [-0.1, -0.05) is 20.8 Å². The van der Waals surface area contributed by atoms with Crippen LogP contribution in [0.4, 0.5) is 0 Å². The van der Waals surface area contributed by atoms with Gasteiger partial charge in [-0.15, -0.1) is 0 Å². The third-order valence-corrected chi connectivity index (χ3v) is 8.38. The van der Waals surface area contributed by atoms with E-state index in [1.165, 1.54) is 0 Å². The van der Waals surface area contributed by atoms with E-state index in [4.69, 9.17) is 4.43 Å². The molecule has 1 rings (SSSR count). The van der Waals surface area contributed by atoms with Gasteiger partial charge in [0, 0.05) is 18.9 Å². The SMILES string of the molecule is CC(C)(C)[Si](C)(C)OC[C@@H]1CCCC1=O. The van der Waals surface area contributed by atoms with Gasteiger partial charge in [0.1, 0.15) is 5.78 Å². The minimum atomic E-state index is -1.65. The van der Waals surface area contributed by atoms with Gasteiger partial charge in [-0.3, -0.25) is 4.79 Å². The molecule has 0 bridgehead atoms. The van der Waals surface area contributed by atoms with E-state index in [0.717, 1.165) is 19.3 Å². The smallest absolute Gasteiger partial charge is 0.192 e. The van der Waals surface area contributed by atoms with Gasteiger partial charge in [-0.2, -0.15) is 0 Å². The molecule has 88 valence electrons. The molecule has 0 aromatic rings. The molecule has 15 heavy (non-hydrogen) atoms. The summed E-state index contributed by atoms with van der Waals surface area (Å²) in [6.07, 6.45) is 2.86. The Morgan fingerprint density at radius 1 is 1.40 bits per heavy atom. The van der Waals surface area contributed by atoms with E-state index >= 15 is 0 Å². The first-order chi connectivity index (χ1) is 6.74. The molecule has 1 aliphatic carbocycles. The Hall–Kier alpha value is -0.153. The lowest BCUT2D eigenvalue weighted by Crippen LogP contribution is -2.42. The van der Waals surface area contributed by atoms with Crippen LogP contribution in [0.5, 0.6) is 0 Å². The van der Waals surface area contributed by atoms with Gasteiger partial charge in [0.05, 0.1) is 0 Å². The number of carbonyl (C=O) groups is 1. The lowest BCUT2D eigenvalue weighted by Gasteiger charge is -2.36. The fourth-order valence-corrected chi connectivity index (χ4v) is 2.64. The van der Waals surface area contributed by atoms with Crippen molar-refractivity contribution in [1.29, 1.82) is 0 Å². The maximum atomic E-state index is 11.5. The second-order valence-electron chi connectivity index (χ2n) is 6.13. The van der Waals surface area contributed by atoms with Gasteiger partial charge in [-0.25, -0.2) is 0 Å². The summed E-state index contributed by atoms with van der Waals surface area (Å²) in [7, 11) is -1.65. The minimum Gasteiger partial charge on any atom is -0.416 e. The Morgan fingerprint density at radius 2 is 2.00 bits per heavy atom. The highest BCUT2D eigenvalue weighted by Gasteiger charge is 2.38. The molecule has 0 heterocycles. The fraction of sp³-hybridized carbons (Fsp3) is 0.917. The van der Waals surface area contributed by atoms with Crippen molar-refractivity contribution in [2.45, 2.75) is 58.2 Å². The van der Waals surface area contributed by atoms with E-state index in [9.17, 15) is 4.79 Å². The molecule has 0 unspecified atom stereocenters. The summed E-state index contributed by atoms with van der Waals surface area (Å²) in [5, 5.41) is 0.245. The minimum absolute atomic E-state index is 0.194. The van der Waals surface area contributed by atoms with Crippen LogP contribution in [0.1, 0.15) is 40.0 Å². The number of hydrogen-bond donors (Lipinski definition) is 0. The second kappa shape index (κ2) is 4.38. The largest absolute Gasteiger partial charge is 0.416 e. The summed E-state index contributed by atoms with van der Waals surface area (Å²) in [5.41, 5.74) is 0. The molecule has 1 fully saturated rings. The summed E-state index contributed by atoms with van der Waals surface area (Å²) in [5.74, 6) is 0.604. The van der Waals surface area contributed by atoms with Gasteiger partial charge in [0.2, 0.25) is 0 Å². The van der Waals surface area contributed by atoms with Crippen LogP contribution in [0.3, 0.4) is 0 Å². The molecule has 0 aromatic carbocycles. The third-order valence-electron chi connectivity index (χ3n) is 3.88. The van der Waals surface area contributed by atoms with Gasteiger partial charge in [-0.05, 0) is 31.0 Å². The van der Waals surface area contributed by atoms with E-state index in [2.05, 4.69) is 33.9 Å². The number of carbonyl (C=O) groups excluding carboxylic acids is 1. The van der Waals surface area contributed by atoms with Gasteiger partial charge in [0.25, 0.3) is 0 Å². The molecule has 0 aromatic heterocycles. The highest BCUT2D eigenvalue weighted by Crippen LogP contribution is 2.37. The number of rotatable bonds is 3. The molecular formula is C12H24O2Si. The summed E-state index contributed by atoms with van der Waals surface area (Å²) in [4.78, 5) is 11.5. The Bertz CT molecular complexity index is 240. The van der Waals surface area contributed by atoms with E-state index in [1.54, 1.807) is 0 Å². The zero-order valence-electron chi connectivity index (χ0n) is 10.7. The van der Waals surface area contributed by atoms with Crippen LogP contribution in [0.15, 0.2) is 0 Å². The molecule has 0 radical (unpaired) electrons. The van der Waals surface area contributed by atoms with Crippen LogP contribution in [0.25, 0.3) is 0 Å². The van der Waals surface area contributed by atoms with Crippen molar-refractivity contribution >= 4 is 14.1 Å². The van der Waals surface area contributed by atoms with E-state index in [1.807, 2.05) is 0 Å². The maximum Gasteiger partial charge on any atom is 0.192 e. The van der Waals surface area contributed by atoms with Crippen molar-refractivity contribution in [3.05, 3.63) is 0 Å². The average molecular weight is 228 g/mol. The van der Waals surface area contributed by atoms with Gasteiger partial charge < -0.3 is 4.43 Å². The first-order valence-corrected chi connectivity index (χ1v) is 8.81. The lowest BCUT2D eigenvalue weighted by atomic mass is 10.1. The average Bonchev–Trinajstić information content (AvgIpc) is 2.46. The monoisotopic (exact) mass is 228 g/mol. The topological polar surface area (TPSA) is 26.3 Å².